The molecule has 24 heavy (non-hydrogen) atoms. The van der Waals surface area contributed by atoms with Crippen molar-refractivity contribution in [2.24, 2.45) is 4.99 Å². The Balaban J connectivity index is 1.76. The standard InChI is InChI=1S/C17H22N6O/c1-2-19-17(23-13-15-7-3-4-9-20-15)22-11-10-21-16(24)14-6-5-8-18-12-14/h3-9,12H,2,10-11,13H2,1H3,(H,21,24)(H2,19,22,23). The van der Waals surface area contributed by atoms with E-state index in [0.29, 0.717) is 31.2 Å². The fourth-order valence-electron chi connectivity index (χ4n) is 1.95. The lowest BCUT2D eigenvalue weighted by Gasteiger charge is -2.11. The second-order valence-electron chi connectivity index (χ2n) is 4.94. The summed E-state index contributed by atoms with van der Waals surface area (Å²) < 4.78 is 0. The minimum atomic E-state index is -0.139. The van der Waals surface area contributed by atoms with E-state index in [4.69, 9.17) is 0 Å². The fraction of sp³-hybridized carbons (Fsp3) is 0.294. The van der Waals surface area contributed by atoms with Crippen LogP contribution in [0.1, 0.15) is 23.0 Å². The van der Waals surface area contributed by atoms with E-state index in [-0.39, 0.29) is 5.91 Å². The van der Waals surface area contributed by atoms with E-state index in [0.717, 1.165) is 12.2 Å². The normalized spacial score (nSPS) is 11.0. The van der Waals surface area contributed by atoms with Crippen LogP contribution in [0.4, 0.5) is 0 Å². The van der Waals surface area contributed by atoms with Crippen LogP contribution in [0.15, 0.2) is 53.9 Å². The molecule has 7 heteroatoms. The molecular weight excluding hydrogens is 304 g/mol. The second kappa shape index (κ2) is 9.94. The van der Waals surface area contributed by atoms with Crippen molar-refractivity contribution in [3.8, 4) is 0 Å². The summed E-state index contributed by atoms with van der Waals surface area (Å²) in [7, 11) is 0. The van der Waals surface area contributed by atoms with E-state index < -0.39 is 0 Å². The summed E-state index contributed by atoms with van der Waals surface area (Å²) in [5.41, 5.74) is 1.45. The van der Waals surface area contributed by atoms with E-state index in [1.807, 2.05) is 25.1 Å². The summed E-state index contributed by atoms with van der Waals surface area (Å²) >= 11 is 0. The van der Waals surface area contributed by atoms with E-state index in [9.17, 15) is 4.79 Å². The highest BCUT2D eigenvalue weighted by atomic mass is 16.1. The van der Waals surface area contributed by atoms with Crippen LogP contribution in [0, 0.1) is 0 Å². The monoisotopic (exact) mass is 326 g/mol. The van der Waals surface area contributed by atoms with E-state index >= 15 is 0 Å². The van der Waals surface area contributed by atoms with Crippen LogP contribution >= 0.6 is 0 Å². The summed E-state index contributed by atoms with van der Waals surface area (Å²) in [4.78, 5) is 24.5. The molecule has 0 aromatic carbocycles. The first-order chi connectivity index (χ1) is 11.8. The Morgan fingerprint density at radius 1 is 1.08 bits per heavy atom. The maximum Gasteiger partial charge on any atom is 0.252 e. The molecule has 0 fully saturated rings. The Kier molecular flexibility index (Phi) is 7.20. The SMILES string of the molecule is CCNC(=NCc1ccccn1)NCCNC(=O)c1cccnc1. The average molecular weight is 326 g/mol. The van der Waals surface area contributed by atoms with Crippen molar-refractivity contribution < 1.29 is 4.79 Å². The molecule has 1 amide bonds. The molecule has 2 aromatic heterocycles. The summed E-state index contributed by atoms with van der Waals surface area (Å²) in [5.74, 6) is 0.555. The molecule has 0 saturated heterocycles. The number of aliphatic imine (C=N–C) groups is 1. The highest BCUT2D eigenvalue weighted by molar-refractivity contribution is 5.93. The minimum absolute atomic E-state index is 0.139. The molecular formula is C17H22N6O. The Hall–Kier alpha value is -2.96. The zero-order chi connectivity index (χ0) is 17.0. The molecule has 0 aliphatic heterocycles. The molecule has 126 valence electrons. The van der Waals surface area contributed by atoms with Crippen molar-refractivity contribution >= 4 is 11.9 Å². The molecule has 0 unspecified atom stereocenters. The number of hydrogen-bond acceptors (Lipinski definition) is 4. The zero-order valence-corrected chi connectivity index (χ0v) is 13.7. The summed E-state index contributed by atoms with van der Waals surface area (Å²) in [6.07, 6.45) is 4.93. The van der Waals surface area contributed by atoms with Gasteiger partial charge in [-0.15, -0.1) is 0 Å². The highest BCUT2D eigenvalue weighted by Crippen LogP contribution is 1.95. The van der Waals surface area contributed by atoms with Gasteiger partial charge >= 0.3 is 0 Å². The quantitative estimate of drug-likeness (QED) is 0.400. The Bertz CT molecular complexity index is 645. The van der Waals surface area contributed by atoms with Gasteiger partial charge in [0.05, 0.1) is 17.8 Å². The predicted octanol–water partition coefficient (Wildman–Crippen LogP) is 0.962. The lowest BCUT2D eigenvalue weighted by molar-refractivity contribution is 0.0954. The third kappa shape index (κ3) is 6.04. The van der Waals surface area contributed by atoms with Crippen LogP contribution in [0.5, 0.6) is 0 Å². The number of pyridine rings is 2. The van der Waals surface area contributed by atoms with Gasteiger partial charge in [-0.3, -0.25) is 14.8 Å². The topological polar surface area (TPSA) is 91.3 Å². The largest absolute Gasteiger partial charge is 0.357 e. The third-order valence-corrected chi connectivity index (χ3v) is 3.10. The van der Waals surface area contributed by atoms with Crippen LogP contribution in [-0.4, -0.2) is 41.5 Å². The van der Waals surface area contributed by atoms with Crippen molar-refractivity contribution in [2.75, 3.05) is 19.6 Å². The van der Waals surface area contributed by atoms with Gasteiger partial charge in [-0.1, -0.05) is 6.07 Å². The molecule has 0 saturated carbocycles. The van der Waals surface area contributed by atoms with E-state index in [1.54, 1.807) is 30.7 Å². The molecule has 0 aliphatic rings. The number of hydrogen-bond donors (Lipinski definition) is 3. The maximum absolute atomic E-state index is 11.9. The third-order valence-electron chi connectivity index (χ3n) is 3.10. The molecule has 0 aliphatic carbocycles. The summed E-state index contributed by atoms with van der Waals surface area (Å²) in [6.45, 7) is 4.32. The second-order valence-corrected chi connectivity index (χ2v) is 4.94. The fourth-order valence-corrected chi connectivity index (χ4v) is 1.95. The maximum atomic E-state index is 11.9. The van der Waals surface area contributed by atoms with Gasteiger partial charge in [-0.2, -0.15) is 0 Å². The smallest absolute Gasteiger partial charge is 0.252 e. The van der Waals surface area contributed by atoms with Crippen LogP contribution in [0.3, 0.4) is 0 Å². The first kappa shape index (κ1) is 17.4. The molecule has 2 rings (SSSR count). The summed E-state index contributed by atoms with van der Waals surface area (Å²) in [5, 5.41) is 9.17. The van der Waals surface area contributed by atoms with Crippen LogP contribution in [-0.2, 0) is 6.54 Å². The molecule has 2 aromatic rings. The van der Waals surface area contributed by atoms with Crippen molar-refractivity contribution in [2.45, 2.75) is 13.5 Å². The van der Waals surface area contributed by atoms with Crippen molar-refractivity contribution in [1.82, 2.24) is 25.9 Å². The van der Waals surface area contributed by atoms with Crippen molar-refractivity contribution in [3.05, 3.63) is 60.2 Å². The minimum Gasteiger partial charge on any atom is -0.357 e. The number of amides is 1. The van der Waals surface area contributed by atoms with Gasteiger partial charge in [0.15, 0.2) is 5.96 Å². The van der Waals surface area contributed by atoms with Crippen LogP contribution in [0.2, 0.25) is 0 Å². The number of carbonyl (C=O) groups excluding carboxylic acids is 1. The van der Waals surface area contributed by atoms with Gasteiger partial charge in [0.1, 0.15) is 0 Å². The molecule has 0 radical (unpaired) electrons. The van der Waals surface area contributed by atoms with Gasteiger partial charge in [0.25, 0.3) is 5.91 Å². The molecule has 2 heterocycles. The van der Waals surface area contributed by atoms with Gasteiger partial charge in [0.2, 0.25) is 0 Å². The molecule has 7 nitrogen and oxygen atoms in total. The molecule has 0 bridgehead atoms. The number of nitrogens with zero attached hydrogens (tertiary/aromatic N) is 3. The number of aromatic nitrogens is 2. The van der Waals surface area contributed by atoms with Gasteiger partial charge in [0, 0.05) is 38.2 Å². The van der Waals surface area contributed by atoms with E-state index in [2.05, 4.69) is 30.9 Å². The Labute approximate surface area is 141 Å². The number of nitrogens with one attached hydrogen (secondary N) is 3. The number of carbonyl (C=O) groups is 1. The van der Waals surface area contributed by atoms with E-state index in [1.165, 1.54) is 0 Å². The first-order valence-corrected chi connectivity index (χ1v) is 7.90. The summed E-state index contributed by atoms with van der Waals surface area (Å²) in [6, 6.07) is 9.21. The van der Waals surface area contributed by atoms with Crippen molar-refractivity contribution in [3.63, 3.8) is 0 Å². The lowest BCUT2D eigenvalue weighted by Crippen LogP contribution is -2.41. The van der Waals surface area contributed by atoms with Gasteiger partial charge < -0.3 is 16.0 Å². The number of rotatable bonds is 7. The van der Waals surface area contributed by atoms with Gasteiger partial charge in [-0.05, 0) is 31.2 Å². The predicted molar refractivity (Wildman–Crippen MR) is 93.6 cm³/mol. The lowest BCUT2D eigenvalue weighted by atomic mass is 10.3. The molecule has 0 atom stereocenters. The molecule has 0 spiro atoms. The first-order valence-electron chi connectivity index (χ1n) is 7.90. The Morgan fingerprint density at radius 2 is 1.96 bits per heavy atom. The zero-order valence-electron chi connectivity index (χ0n) is 13.7. The average Bonchev–Trinajstić information content (AvgIpc) is 2.64. The molecule has 3 N–H and O–H groups in total. The van der Waals surface area contributed by atoms with Gasteiger partial charge in [-0.25, -0.2) is 4.99 Å². The number of guanidine groups is 1. The van der Waals surface area contributed by atoms with Crippen LogP contribution in [0.25, 0.3) is 0 Å². The van der Waals surface area contributed by atoms with Crippen molar-refractivity contribution in [1.29, 1.82) is 0 Å². The Morgan fingerprint density at radius 3 is 2.67 bits per heavy atom. The van der Waals surface area contributed by atoms with Crippen LogP contribution < -0.4 is 16.0 Å². The highest BCUT2D eigenvalue weighted by Gasteiger charge is 2.04.